The molecule has 1 N–H and O–H groups in total. The van der Waals surface area contributed by atoms with Gasteiger partial charge in [0.05, 0.1) is 38.6 Å². The molecule has 2 aliphatic heterocycles. The van der Waals surface area contributed by atoms with Crippen molar-refractivity contribution in [3.8, 4) is 0 Å². The molecule has 0 aromatic carbocycles. The molecule has 1 spiro atoms. The number of morpholine rings is 1. The number of ether oxygens (including phenoxy) is 2. The molecule has 0 bridgehead atoms. The molecule has 4 rings (SSSR count). The van der Waals surface area contributed by atoms with Crippen molar-refractivity contribution in [1.29, 1.82) is 0 Å². The molecule has 0 saturated carbocycles. The van der Waals surface area contributed by atoms with Crippen LogP contribution in [0.5, 0.6) is 0 Å². The lowest BCUT2D eigenvalue weighted by molar-refractivity contribution is -0.192. The lowest BCUT2D eigenvalue weighted by atomic mass is 10.0. The van der Waals surface area contributed by atoms with Crippen molar-refractivity contribution in [3.63, 3.8) is 0 Å². The molecule has 1 unspecified atom stereocenters. The number of carboxylic acids is 1. The smallest absolute Gasteiger partial charge is 0.475 e. The van der Waals surface area contributed by atoms with Crippen molar-refractivity contribution in [3.05, 3.63) is 36.0 Å². The Hall–Kier alpha value is -3.26. The number of alkyl halides is 3. The molecule has 0 radical (unpaired) electrons. The maximum Gasteiger partial charge on any atom is 0.490 e. The second-order valence-electron chi connectivity index (χ2n) is 7.40. The Balaban J connectivity index is 0.000000383. The van der Waals surface area contributed by atoms with E-state index in [-0.39, 0.29) is 5.91 Å². The Morgan fingerprint density at radius 1 is 1.15 bits per heavy atom. The van der Waals surface area contributed by atoms with Gasteiger partial charge in [-0.05, 0) is 13.0 Å². The Bertz CT molecular complexity index is 957. The van der Waals surface area contributed by atoms with Crippen molar-refractivity contribution in [1.82, 2.24) is 20.0 Å². The fourth-order valence-corrected chi connectivity index (χ4v) is 3.40. The van der Waals surface area contributed by atoms with Gasteiger partial charge in [-0.15, -0.1) is 0 Å². The number of rotatable bonds is 2. The average Bonchev–Trinajstić information content (AvgIpc) is 3.11. The number of anilines is 1. The number of carbonyl (C=O) groups excluding carboxylic acids is 1. The van der Waals surface area contributed by atoms with Crippen LogP contribution in [0.25, 0.3) is 0 Å². The molecule has 33 heavy (non-hydrogen) atoms. The number of aliphatic carboxylic acids is 1. The van der Waals surface area contributed by atoms with E-state index in [2.05, 4.69) is 15.1 Å². The predicted octanol–water partition coefficient (Wildman–Crippen LogP) is 1.15. The molecule has 14 heteroatoms. The van der Waals surface area contributed by atoms with Crippen LogP contribution >= 0.6 is 0 Å². The van der Waals surface area contributed by atoms with Crippen LogP contribution in [-0.4, -0.2) is 94.8 Å². The molecule has 2 aromatic rings. The van der Waals surface area contributed by atoms with Gasteiger partial charge in [-0.25, -0.2) is 14.8 Å². The maximum atomic E-state index is 12.8. The Morgan fingerprint density at radius 2 is 1.85 bits per heavy atom. The van der Waals surface area contributed by atoms with Crippen molar-refractivity contribution in [2.75, 3.05) is 50.9 Å². The van der Waals surface area contributed by atoms with E-state index >= 15 is 0 Å². The summed E-state index contributed by atoms with van der Waals surface area (Å²) in [6.07, 6.45) is -0.256. The highest BCUT2D eigenvalue weighted by Crippen LogP contribution is 2.25. The molecule has 11 nitrogen and oxygen atoms in total. The summed E-state index contributed by atoms with van der Waals surface area (Å²) in [5.41, 5.74) is 0.459. The first-order valence-corrected chi connectivity index (χ1v) is 9.85. The number of aryl methyl sites for hydroxylation is 1. The number of carbonyl (C=O) groups is 2. The Kier molecular flexibility index (Phi) is 7.48. The van der Waals surface area contributed by atoms with Gasteiger partial charge < -0.3 is 28.9 Å². The third-order valence-corrected chi connectivity index (χ3v) is 4.94. The topological polar surface area (TPSA) is 131 Å². The second kappa shape index (κ2) is 10.1. The van der Waals surface area contributed by atoms with Crippen LogP contribution in [0.2, 0.25) is 0 Å². The summed E-state index contributed by atoms with van der Waals surface area (Å²) in [7, 11) is 0. The molecule has 2 saturated heterocycles. The molecule has 1 atom stereocenters. The molecule has 2 aromatic heterocycles. The van der Waals surface area contributed by atoms with Gasteiger partial charge in [0, 0.05) is 25.5 Å². The molecular formula is C19H22F3N5O6. The maximum absolute atomic E-state index is 12.8. The number of aromatic nitrogens is 3. The van der Waals surface area contributed by atoms with Crippen molar-refractivity contribution < 1.29 is 41.9 Å². The molecule has 2 fully saturated rings. The number of carboxylic acid groups (broad SMARTS) is 1. The quantitative estimate of drug-likeness (QED) is 0.678. The van der Waals surface area contributed by atoms with Crippen molar-refractivity contribution in [2.24, 2.45) is 0 Å². The lowest BCUT2D eigenvalue weighted by Gasteiger charge is -2.43. The van der Waals surface area contributed by atoms with Crippen molar-refractivity contribution >= 4 is 17.8 Å². The SMILES string of the molecule is Cc1nocc1C(=O)N1CCOC2(COCCN(c3ncccn3)C2)C1.O=C(O)C(F)(F)F. The fourth-order valence-electron chi connectivity index (χ4n) is 3.40. The summed E-state index contributed by atoms with van der Waals surface area (Å²) in [6.45, 7) is 5.37. The molecule has 4 heterocycles. The van der Waals surface area contributed by atoms with E-state index in [0.29, 0.717) is 63.2 Å². The van der Waals surface area contributed by atoms with E-state index in [9.17, 15) is 18.0 Å². The van der Waals surface area contributed by atoms with Crippen LogP contribution in [0, 0.1) is 6.92 Å². The molecule has 1 amide bonds. The number of nitrogens with zero attached hydrogens (tertiary/aromatic N) is 5. The highest BCUT2D eigenvalue weighted by Gasteiger charge is 2.42. The van der Waals surface area contributed by atoms with Crippen LogP contribution in [-0.2, 0) is 14.3 Å². The summed E-state index contributed by atoms with van der Waals surface area (Å²) in [4.78, 5) is 34.2. The van der Waals surface area contributed by atoms with E-state index in [1.54, 1.807) is 30.3 Å². The summed E-state index contributed by atoms with van der Waals surface area (Å²) < 4.78 is 48.5. The van der Waals surface area contributed by atoms with Crippen molar-refractivity contribution in [2.45, 2.75) is 18.7 Å². The first-order valence-electron chi connectivity index (χ1n) is 9.85. The van der Waals surface area contributed by atoms with Crippen LogP contribution in [0.15, 0.2) is 29.2 Å². The predicted molar refractivity (Wildman–Crippen MR) is 105 cm³/mol. The minimum Gasteiger partial charge on any atom is -0.475 e. The van der Waals surface area contributed by atoms with Gasteiger partial charge in [0.25, 0.3) is 5.91 Å². The minimum absolute atomic E-state index is 0.0989. The zero-order chi connectivity index (χ0) is 24.1. The van der Waals surface area contributed by atoms with E-state index in [0.717, 1.165) is 0 Å². The number of halogens is 3. The van der Waals surface area contributed by atoms with Crippen LogP contribution < -0.4 is 4.90 Å². The summed E-state index contributed by atoms with van der Waals surface area (Å²) in [6, 6.07) is 1.78. The van der Waals surface area contributed by atoms with E-state index in [1.807, 2.05) is 4.90 Å². The van der Waals surface area contributed by atoms with Gasteiger partial charge in [-0.3, -0.25) is 4.79 Å². The summed E-state index contributed by atoms with van der Waals surface area (Å²) in [5, 5.41) is 10.9. The molecule has 180 valence electrons. The third-order valence-electron chi connectivity index (χ3n) is 4.94. The lowest BCUT2D eigenvalue weighted by Crippen LogP contribution is -2.60. The second-order valence-corrected chi connectivity index (χ2v) is 7.40. The van der Waals surface area contributed by atoms with Gasteiger partial charge in [0.15, 0.2) is 0 Å². The largest absolute Gasteiger partial charge is 0.490 e. The molecule has 2 aliphatic rings. The van der Waals surface area contributed by atoms with E-state index in [1.165, 1.54) is 6.26 Å². The van der Waals surface area contributed by atoms with Gasteiger partial charge in [-0.1, -0.05) is 5.16 Å². The zero-order valence-corrected chi connectivity index (χ0v) is 17.6. The third kappa shape index (κ3) is 6.16. The number of hydrogen-bond acceptors (Lipinski definition) is 9. The minimum atomic E-state index is -5.08. The molecule has 0 aliphatic carbocycles. The standard InChI is InChI=1S/C17H21N5O4.C2HF3O2/c1-13-14(9-26-20-13)15(23)21-6-8-25-17(10-21)11-22(5-7-24-12-17)16-18-3-2-4-19-16;3-2(4,5)1(6)7/h2-4,9H,5-8,10-12H2,1H3;(H,6,7). The number of hydrogen-bond donors (Lipinski definition) is 1. The van der Waals surface area contributed by atoms with Crippen LogP contribution in [0.3, 0.4) is 0 Å². The van der Waals surface area contributed by atoms with E-state index in [4.69, 9.17) is 23.9 Å². The Morgan fingerprint density at radius 3 is 2.45 bits per heavy atom. The summed E-state index contributed by atoms with van der Waals surface area (Å²) in [5.74, 6) is -2.22. The van der Waals surface area contributed by atoms with E-state index < -0.39 is 17.7 Å². The fraction of sp³-hybridized carbons (Fsp3) is 0.526. The normalized spacial score (nSPS) is 21.2. The Labute approximate surface area is 186 Å². The monoisotopic (exact) mass is 473 g/mol. The van der Waals surface area contributed by atoms with Gasteiger partial charge in [0.2, 0.25) is 5.95 Å². The average molecular weight is 473 g/mol. The van der Waals surface area contributed by atoms with Crippen LogP contribution in [0.4, 0.5) is 19.1 Å². The van der Waals surface area contributed by atoms with Crippen LogP contribution in [0.1, 0.15) is 16.1 Å². The first-order chi connectivity index (χ1) is 15.6. The first kappa shape index (κ1) is 24.4. The number of amides is 1. The molecular weight excluding hydrogens is 451 g/mol. The zero-order valence-electron chi connectivity index (χ0n) is 17.6. The highest BCUT2D eigenvalue weighted by atomic mass is 19.4. The van der Waals surface area contributed by atoms with Gasteiger partial charge in [-0.2, -0.15) is 13.2 Å². The van der Waals surface area contributed by atoms with Gasteiger partial charge >= 0.3 is 12.1 Å². The highest BCUT2D eigenvalue weighted by molar-refractivity contribution is 5.95. The summed E-state index contributed by atoms with van der Waals surface area (Å²) >= 11 is 0. The van der Waals surface area contributed by atoms with Gasteiger partial charge in [0.1, 0.15) is 17.4 Å².